The molecule has 9 heteroatoms. The Kier molecular flexibility index (Phi) is 7.39. The van der Waals surface area contributed by atoms with Crippen LogP contribution in [0.25, 0.3) is 10.2 Å². The number of thioether (sulfide) groups is 1. The van der Waals surface area contributed by atoms with E-state index in [1.54, 1.807) is 28.0 Å². The van der Waals surface area contributed by atoms with Crippen LogP contribution in [0.2, 0.25) is 0 Å². The number of rotatable bonds is 6. The number of likely N-dealkylation sites (tertiary alicyclic amines) is 1. The number of carbonyl (C=O) groups is 2. The molecule has 7 nitrogen and oxygen atoms in total. The van der Waals surface area contributed by atoms with Crippen LogP contribution in [0.5, 0.6) is 0 Å². The van der Waals surface area contributed by atoms with E-state index in [0.717, 1.165) is 58.5 Å². The standard InChI is InChI=1S/C23H31N3O4S2/c1-23(2,3)21(28)26-10-4-6-17(26)20(27)24-15-7-8-16-18(14-15)32-22(25-16)31-13-9-19-29-11-5-12-30-19/h7-8,14,17,19H,4-6,9-13H2,1-3H3,(H,24,27). The molecule has 0 radical (unpaired) electrons. The summed E-state index contributed by atoms with van der Waals surface area (Å²) in [6.45, 7) is 7.86. The number of nitrogens with one attached hydrogen (secondary N) is 1. The highest BCUT2D eigenvalue weighted by molar-refractivity contribution is 8.01. The summed E-state index contributed by atoms with van der Waals surface area (Å²) in [5, 5.41) is 3.01. The number of carbonyl (C=O) groups excluding carboxylic acids is 2. The first-order valence-corrected chi connectivity index (χ1v) is 13.0. The number of thiazole rings is 1. The Bertz CT molecular complexity index is 966. The fourth-order valence-electron chi connectivity index (χ4n) is 3.93. The highest BCUT2D eigenvalue weighted by Crippen LogP contribution is 2.32. The van der Waals surface area contributed by atoms with Crippen molar-refractivity contribution < 1.29 is 19.1 Å². The smallest absolute Gasteiger partial charge is 0.247 e. The molecule has 1 aromatic heterocycles. The van der Waals surface area contributed by atoms with Crippen LogP contribution in [0.3, 0.4) is 0 Å². The Morgan fingerprint density at radius 1 is 1.25 bits per heavy atom. The topological polar surface area (TPSA) is 80.8 Å². The molecule has 174 valence electrons. The second-order valence-corrected chi connectivity index (χ2v) is 11.6. The summed E-state index contributed by atoms with van der Waals surface area (Å²) in [4.78, 5) is 32.1. The lowest BCUT2D eigenvalue weighted by molar-refractivity contribution is -0.178. The summed E-state index contributed by atoms with van der Waals surface area (Å²) >= 11 is 3.32. The van der Waals surface area contributed by atoms with Crippen molar-refractivity contribution in [3.63, 3.8) is 0 Å². The summed E-state index contributed by atoms with van der Waals surface area (Å²) in [5.41, 5.74) is 1.17. The molecule has 2 saturated heterocycles. The van der Waals surface area contributed by atoms with Gasteiger partial charge in [-0.05, 0) is 37.5 Å². The van der Waals surface area contributed by atoms with Crippen molar-refractivity contribution in [1.82, 2.24) is 9.88 Å². The molecule has 1 atom stereocenters. The molecule has 4 rings (SSSR count). The maximum atomic E-state index is 12.9. The highest BCUT2D eigenvalue weighted by atomic mass is 32.2. The molecule has 2 fully saturated rings. The van der Waals surface area contributed by atoms with Crippen LogP contribution in [-0.2, 0) is 19.1 Å². The van der Waals surface area contributed by atoms with Gasteiger partial charge in [-0.1, -0.05) is 32.5 Å². The summed E-state index contributed by atoms with van der Waals surface area (Å²) < 4.78 is 13.2. The van der Waals surface area contributed by atoms with E-state index < -0.39 is 11.5 Å². The van der Waals surface area contributed by atoms with Crippen LogP contribution in [0.15, 0.2) is 22.5 Å². The molecule has 32 heavy (non-hydrogen) atoms. The zero-order chi connectivity index (χ0) is 22.7. The Morgan fingerprint density at radius 3 is 2.78 bits per heavy atom. The largest absolute Gasteiger partial charge is 0.353 e. The SMILES string of the molecule is CC(C)(C)C(=O)N1CCCC1C(=O)Nc1ccc2nc(SCCC3OCCCO3)sc2c1. The van der Waals surface area contributed by atoms with E-state index in [0.29, 0.717) is 13.0 Å². The fraction of sp³-hybridized carbons (Fsp3) is 0.609. The molecule has 0 aliphatic carbocycles. The van der Waals surface area contributed by atoms with Gasteiger partial charge in [-0.2, -0.15) is 0 Å². The van der Waals surface area contributed by atoms with Crippen molar-refractivity contribution in [2.24, 2.45) is 5.41 Å². The van der Waals surface area contributed by atoms with Crippen molar-refractivity contribution in [3.05, 3.63) is 18.2 Å². The number of aromatic nitrogens is 1. The van der Waals surface area contributed by atoms with E-state index >= 15 is 0 Å². The highest BCUT2D eigenvalue weighted by Gasteiger charge is 2.38. The average Bonchev–Trinajstić information content (AvgIpc) is 3.40. The molecule has 2 aromatic rings. The summed E-state index contributed by atoms with van der Waals surface area (Å²) in [6, 6.07) is 5.37. The first-order chi connectivity index (χ1) is 15.3. The van der Waals surface area contributed by atoms with Crippen molar-refractivity contribution in [3.8, 4) is 0 Å². The molecule has 0 saturated carbocycles. The summed E-state index contributed by atoms with van der Waals surface area (Å²) in [5.74, 6) is 0.790. The van der Waals surface area contributed by atoms with Gasteiger partial charge in [0.15, 0.2) is 10.6 Å². The van der Waals surface area contributed by atoms with Gasteiger partial charge in [0.2, 0.25) is 11.8 Å². The minimum atomic E-state index is -0.492. The minimum absolute atomic E-state index is 0.0266. The van der Waals surface area contributed by atoms with Crippen LogP contribution in [0.1, 0.15) is 46.5 Å². The van der Waals surface area contributed by atoms with Gasteiger partial charge in [0.05, 0.1) is 23.4 Å². The van der Waals surface area contributed by atoms with Crippen LogP contribution in [-0.4, -0.2) is 59.5 Å². The lowest BCUT2D eigenvalue weighted by Crippen LogP contribution is -2.47. The molecular weight excluding hydrogens is 446 g/mol. The lowest BCUT2D eigenvalue weighted by atomic mass is 9.94. The van der Waals surface area contributed by atoms with E-state index in [9.17, 15) is 9.59 Å². The van der Waals surface area contributed by atoms with Gasteiger partial charge >= 0.3 is 0 Å². The van der Waals surface area contributed by atoms with Gasteiger partial charge in [0, 0.05) is 29.8 Å². The Morgan fingerprint density at radius 2 is 2.03 bits per heavy atom. The monoisotopic (exact) mass is 477 g/mol. The van der Waals surface area contributed by atoms with E-state index in [1.807, 2.05) is 39.0 Å². The molecule has 0 bridgehead atoms. The maximum Gasteiger partial charge on any atom is 0.247 e. The minimum Gasteiger partial charge on any atom is -0.353 e. The molecular formula is C23H31N3O4S2. The third-order valence-corrected chi connectivity index (χ3v) is 7.76. The van der Waals surface area contributed by atoms with E-state index in [-0.39, 0.29) is 18.1 Å². The number of hydrogen-bond acceptors (Lipinski definition) is 7. The molecule has 1 aromatic carbocycles. The number of fused-ring (bicyclic) bond motifs is 1. The van der Waals surface area contributed by atoms with E-state index in [1.165, 1.54) is 0 Å². The van der Waals surface area contributed by atoms with Crippen LogP contribution < -0.4 is 5.32 Å². The normalized spacial score (nSPS) is 20.1. The number of anilines is 1. The number of hydrogen-bond donors (Lipinski definition) is 1. The Hall–Kier alpha value is -1.68. The van der Waals surface area contributed by atoms with Crippen molar-refractivity contribution in [1.29, 1.82) is 0 Å². The van der Waals surface area contributed by atoms with Gasteiger partial charge in [0.1, 0.15) is 6.04 Å². The molecule has 2 aliphatic rings. The second-order valence-electron chi connectivity index (χ2n) is 9.22. The van der Waals surface area contributed by atoms with E-state index in [4.69, 9.17) is 9.47 Å². The maximum absolute atomic E-state index is 12.9. The molecule has 0 spiro atoms. The van der Waals surface area contributed by atoms with Gasteiger partial charge in [0.25, 0.3) is 0 Å². The van der Waals surface area contributed by atoms with Crippen LogP contribution >= 0.6 is 23.1 Å². The van der Waals surface area contributed by atoms with Gasteiger partial charge < -0.3 is 19.7 Å². The predicted molar refractivity (Wildman–Crippen MR) is 128 cm³/mol. The Balaban J connectivity index is 1.36. The Labute approximate surface area is 197 Å². The van der Waals surface area contributed by atoms with Crippen LogP contribution in [0, 0.1) is 5.41 Å². The number of benzene rings is 1. The van der Waals surface area contributed by atoms with Gasteiger partial charge in [-0.3, -0.25) is 9.59 Å². The molecule has 2 amide bonds. The average molecular weight is 478 g/mol. The van der Waals surface area contributed by atoms with Gasteiger partial charge in [-0.15, -0.1) is 11.3 Å². The molecule has 2 aliphatic heterocycles. The molecule has 1 N–H and O–H groups in total. The summed E-state index contributed by atoms with van der Waals surface area (Å²) in [7, 11) is 0. The lowest BCUT2D eigenvalue weighted by Gasteiger charge is -2.30. The molecule has 3 heterocycles. The summed E-state index contributed by atoms with van der Waals surface area (Å²) in [6.07, 6.45) is 3.25. The quantitative estimate of drug-likeness (QED) is 0.616. The molecule has 1 unspecified atom stereocenters. The third-order valence-electron chi connectivity index (χ3n) is 5.57. The van der Waals surface area contributed by atoms with Crippen LogP contribution in [0.4, 0.5) is 5.69 Å². The first kappa shape index (κ1) is 23.5. The zero-order valence-corrected chi connectivity index (χ0v) is 20.5. The first-order valence-electron chi connectivity index (χ1n) is 11.2. The number of ether oxygens (including phenoxy) is 2. The third kappa shape index (κ3) is 5.62. The van der Waals surface area contributed by atoms with Crippen molar-refractivity contribution in [2.45, 2.75) is 63.1 Å². The predicted octanol–water partition coefficient (Wildman–Crippen LogP) is 4.52. The van der Waals surface area contributed by atoms with Crippen molar-refractivity contribution >= 4 is 50.8 Å². The second kappa shape index (κ2) is 10.1. The fourth-order valence-corrected chi connectivity index (χ4v) is 6.07. The number of amides is 2. The van der Waals surface area contributed by atoms with Gasteiger partial charge in [-0.25, -0.2) is 4.98 Å². The number of nitrogens with zero attached hydrogens (tertiary/aromatic N) is 2. The zero-order valence-electron chi connectivity index (χ0n) is 18.9. The van der Waals surface area contributed by atoms with E-state index in [2.05, 4.69) is 10.3 Å². The van der Waals surface area contributed by atoms with Crippen molar-refractivity contribution in [2.75, 3.05) is 30.8 Å².